The third-order valence-corrected chi connectivity index (χ3v) is 4.99. The minimum atomic E-state index is -0.973. The van der Waals surface area contributed by atoms with Crippen molar-refractivity contribution in [3.05, 3.63) is 65.6 Å². The summed E-state index contributed by atoms with van der Waals surface area (Å²) in [6.45, 7) is 1.56. The van der Waals surface area contributed by atoms with Crippen LogP contribution in [0.15, 0.2) is 47.2 Å². The molecule has 1 aliphatic rings. The summed E-state index contributed by atoms with van der Waals surface area (Å²) in [6, 6.07) is 8.19. The number of fused-ring (bicyclic) bond motifs is 1. The van der Waals surface area contributed by atoms with Crippen molar-refractivity contribution in [2.24, 2.45) is 0 Å². The fourth-order valence-corrected chi connectivity index (χ4v) is 3.16. The van der Waals surface area contributed by atoms with E-state index in [0.29, 0.717) is 23.1 Å². The Morgan fingerprint density at radius 3 is 2.97 bits per heavy atom. The molecular weight excluding hydrogens is 380 g/mol. The smallest absolute Gasteiger partial charge is 0.259 e. The van der Waals surface area contributed by atoms with Gasteiger partial charge in [-0.1, -0.05) is 11.2 Å². The molecule has 1 fully saturated rings. The van der Waals surface area contributed by atoms with Gasteiger partial charge in [-0.05, 0) is 37.6 Å². The standard InChI is InChI=1S/C20H15F2N5O2/c1-10-14(21)6-11(18-25-20(29-26-18)12-8-15(12)22)7-16(10)24-19(28)13-9-23-27-5-3-2-4-17(13)27/h2-7,9,12,15H,8H2,1H3,(H,24,28)/t12-,15-/m1/s1. The zero-order valence-electron chi connectivity index (χ0n) is 15.3. The van der Waals surface area contributed by atoms with Crippen molar-refractivity contribution >= 4 is 17.1 Å². The molecule has 1 N–H and O–H groups in total. The lowest BCUT2D eigenvalue weighted by Crippen LogP contribution is -2.13. The fraction of sp³-hybridized carbons (Fsp3) is 0.200. The first-order valence-electron chi connectivity index (χ1n) is 9.03. The van der Waals surface area contributed by atoms with Crippen LogP contribution in [0.5, 0.6) is 0 Å². The average Bonchev–Trinajstić information content (AvgIpc) is 3.12. The molecule has 146 valence electrons. The van der Waals surface area contributed by atoms with Crippen molar-refractivity contribution in [2.45, 2.75) is 25.4 Å². The number of hydrogen-bond acceptors (Lipinski definition) is 5. The zero-order chi connectivity index (χ0) is 20.1. The van der Waals surface area contributed by atoms with Gasteiger partial charge in [0.2, 0.25) is 11.7 Å². The predicted octanol–water partition coefficient (Wildman–Crippen LogP) is 3.91. The summed E-state index contributed by atoms with van der Waals surface area (Å²) in [7, 11) is 0. The molecule has 1 aliphatic carbocycles. The second-order valence-electron chi connectivity index (χ2n) is 6.99. The van der Waals surface area contributed by atoms with E-state index in [1.807, 2.05) is 0 Å². The highest BCUT2D eigenvalue weighted by Gasteiger charge is 2.43. The van der Waals surface area contributed by atoms with Crippen LogP contribution in [-0.2, 0) is 0 Å². The minimum absolute atomic E-state index is 0.143. The Bertz CT molecular complexity index is 1250. The van der Waals surface area contributed by atoms with Gasteiger partial charge in [0.25, 0.3) is 5.91 Å². The number of hydrogen-bond donors (Lipinski definition) is 1. The van der Waals surface area contributed by atoms with Crippen molar-refractivity contribution in [1.29, 1.82) is 0 Å². The van der Waals surface area contributed by atoms with Gasteiger partial charge in [0.15, 0.2) is 0 Å². The van der Waals surface area contributed by atoms with Crippen molar-refractivity contribution in [2.75, 3.05) is 5.32 Å². The molecule has 1 saturated carbocycles. The lowest BCUT2D eigenvalue weighted by Gasteiger charge is -2.10. The second-order valence-corrected chi connectivity index (χ2v) is 6.99. The lowest BCUT2D eigenvalue weighted by atomic mass is 10.1. The van der Waals surface area contributed by atoms with Crippen LogP contribution < -0.4 is 5.32 Å². The number of pyridine rings is 1. The topological polar surface area (TPSA) is 85.3 Å². The maximum absolute atomic E-state index is 14.5. The highest BCUT2D eigenvalue weighted by molar-refractivity contribution is 6.09. The lowest BCUT2D eigenvalue weighted by molar-refractivity contribution is 0.102. The first kappa shape index (κ1) is 17.5. The quantitative estimate of drug-likeness (QED) is 0.566. The summed E-state index contributed by atoms with van der Waals surface area (Å²) >= 11 is 0. The van der Waals surface area contributed by atoms with Crippen LogP contribution in [0, 0.1) is 12.7 Å². The molecule has 0 radical (unpaired) electrons. The average molecular weight is 395 g/mol. The van der Waals surface area contributed by atoms with E-state index in [1.54, 1.807) is 41.9 Å². The van der Waals surface area contributed by atoms with E-state index in [2.05, 4.69) is 20.6 Å². The maximum Gasteiger partial charge on any atom is 0.259 e. The zero-order valence-corrected chi connectivity index (χ0v) is 15.3. The molecule has 9 heteroatoms. The number of anilines is 1. The second kappa shape index (κ2) is 6.47. The number of alkyl halides is 1. The van der Waals surface area contributed by atoms with E-state index in [-0.39, 0.29) is 28.9 Å². The third-order valence-electron chi connectivity index (χ3n) is 4.99. The number of aromatic nitrogens is 4. The number of nitrogens with one attached hydrogen (secondary N) is 1. The molecule has 0 spiro atoms. The predicted molar refractivity (Wildman–Crippen MR) is 99.8 cm³/mol. The molecule has 29 heavy (non-hydrogen) atoms. The maximum atomic E-state index is 14.5. The summed E-state index contributed by atoms with van der Waals surface area (Å²) in [5.41, 5.74) is 1.87. The van der Waals surface area contributed by atoms with E-state index in [9.17, 15) is 13.6 Å². The molecule has 1 amide bonds. The van der Waals surface area contributed by atoms with Gasteiger partial charge in [0.05, 0.1) is 23.2 Å². The summed E-state index contributed by atoms with van der Waals surface area (Å²) in [4.78, 5) is 16.9. The van der Waals surface area contributed by atoms with Crippen LogP contribution in [0.4, 0.5) is 14.5 Å². The molecule has 4 aromatic rings. The number of benzene rings is 1. The Hall–Kier alpha value is -3.62. The van der Waals surface area contributed by atoms with E-state index in [0.717, 1.165) is 0 Å². The van der Waals surface area contributed by atoms with Crippen molar-refractivity contribution in [3.8, 4) is 11.4 Å². The molecule has 5 rings (SSSR count). The van der Waals surface area contributed by atoms with Crippen LogP contribution in [0.1, 0.15) is 34.2 Å². The van der Waals surface area contributed by atoms with Crippen LogP contribution in [0.2, 0.25) is 0 Å². The monoisotopic (exact) mass is 395 g/mol. The van der Waals surface area contributed by atoms with E-state index >= 15 is 0 Å². The van der Waals surface area contributed by atoms with Crippen LogP contribution >= 0.6 is 0 Å². The van der Waals surface area contributed by atoms with Crippen molar-refractivity contribution in [1.82, 2.24) is 19.8 Å². The van der Waals surface area contributed by atoms with Gasteiger partial charge >= 0.3 is 0 Å². The molecule has 0 saturated heterocycles. The van der Waals surface area contributed by atoms with Gasteiger partial charge in [0, 0.05) is 23.0 Å². The number of rotatable bonds is 4. The third kappa shape index (κ3) is 3.04. The van der Waals surface area contributed by atoms with Gasteiger partial charge in [-0.15, -0.1) is 0 Å². The summed E-state index contributed by atoms with van der Waals surface area (Å²) in [5, 5.41) is 10.7. The molecule has 7 nitrogen and oxygen atoms in total. The number of halogens is 2. The van der Waals surface area contributed by atoms with Crippen LogP contribution in [0.3, 0.4) is 0 Å². The molecule has 3 aromatic heterocycles. The van der Waals surface area contributed by atoms with Crippen molar-refractivity contribution in [3.63, 3.8) is 0 Å². The van der Waals surface area contributed by atoms with Gasteiger partial charge in [-0.25, -0.2) is 13.3 Å². The Labute approximate surface area is 163 Å². The largest absolute Gasteiger partial charge is 0.339 e. The number of nitrogens with zero attached hydrogens (tertiary/aromatic N) is 4. The molecule has 3 heterocycles. The van der Waals surface area contributed by atoms with Gasteiger partial charge in [-0.3, -0.25) is 4.79 Å². The Morgan fingerprint density at radius 2 is 2.17 bits per heavy atom. The van der Waals surface area contributed by atoms with Gasteiger partial charge in [-0.2, -0.15) is 10.1 Å². The Morgan fingerprint density at radius 1 is 1.34 bits per heavy atom. The molecule has 2 atom stereocenters. The van der Waals surface area contributed by atoms with Crippen LogP contribution in [0.25, 0.3) is 16.9 Å². The highest BCUT2D eigenvalue weighted by Crippen LogP contribution is 2.43. The van der Waals surface area contributed by atoms with Gasteiger partial charge < -0.3 is 9.84 Å². The molecule has 0 bridgehead atoms. The SMILES string of the molecule is Cc1c(F)cc(-c2noc([C@@H]3C[C@H]3F)n2)cc1NC(=O)c1cnn2ccccc12. The molecule has 0 aliphatic heterocycles. The molecule has 0 unspecified atom stereocenters. The first-order chi connectivity index (χ1) is 14.0. The number of carbonyl (C=O) groups excluding carboxylic acids is 1. The normalized spacial score (nSPS) is 18.2. The number of carbonyl (C=O) groups is 1. The summed E-state index contributed by atoms with van der Waals surface area (Å²) in [6.07, 6.45) is 2.56. The highest BCUT2D eigenvalue weighted by atomic mass is 19.1. The van der Waals surface area contributed by atoms with Crippen LogP contribution in [-0.4, -0.2) is 31.8 Å². The Balaban J connectivity index is 1.47. The molecular formula is C20H15F2N5O2. The fourth-order valence-electron chi connectivity index (χ4n) is 3.16. The van der Waals surface area contributed by atoms with E-state index in [1.165, 1.54) is 12.3 Å². The summed E-state index contributed by atoms with van der Waals surface area (Å²) in [5.74, 6) is -0.993. The van der Waals surface area contributed by atoms with E-state index < -0.39 is 17.9 Å². The van der Waals surface area contributed by atoms with Gasteiger partial charge in [0.1, 0.15) is 12.0 Å². The summed E-state index contributed by atoms with van der Waals surface area (Å²) < 4.78 is 34.4. The molecule has 1 aromatic carbocycles. The first-order valence-corrected chi connectivity index (χ1v) is 9.03. The van der Waals surface area contributed by atoms with E-state index in [4.69, 9.17) is 4.52 Å². The number of amides is 1. The Kier molecular flexibility index (Phi) is 3.90. The van der Waals surface area contributed by atoms with Crippen molar-refractivity contribution < 1.29 is 18.1 Å². The minimum Gasteiger partial charge on any atom is -0.339 e.